The third-order valence-electron chi connectivity index (χ3n) is 9.10. The highest BCUT2D eigenvalue weighted by Crippen LogP contribution is 2.56. The maximum atomic E-state index is 13.2. The van der Waals surface area contributed by atoms with E-state index in [9.17, 15) is 9.59 Å². The Balaban J connectivity index is 1.10. The molecule has 9 nitrogen and oxygen atoms in total. The molecule has 1 amide bonds. The molecule has 9 heteroatoms. The lowest BCUT2D eigenvalue weighted by Crippen LogP contribution is -2.62. The Hall–Kier alpha value is -3.46. The quantitative estimate of drug-likeness (QED) is 0.441. The minimum Gasteiger partial charge on any atom is -0.464 e. The summed E-state index contributed by atoms with van der Waals surface area (Å²) >= 11 is 0. The molecule has 2 aromatic heterocycles. The molecule has 1 aromatic carbocycles. The molecule has 1 aliphatic heterocycles. The van der Waals surface area contributed by atoms with Gasteiger partial charge in [-0.25, -0.2) is 14.3 Å². The summed E-state index contributed by atoms with van der Waals surface area (Å²) in [5, 5.41) is 7.75. The number of hydrogen-bond donors (Lipinski definition) is 1. The van der Waals surface area contributed by atoms with Crippen LogP contribution in [0.1, 0.15) is 67.7 Å². The van der Waals surface area contributed by atoms with Crippen LogP contribution in [0.3, 0.4) is 0 Å². The number of pyridine rings is 1. The van der Waals surface area contributed by atoms with Gasteiger partial charge in [-0.3, -0.25) is 4.79 Å². The second-order valence-corrected chi connectivity index (χ2v) is 11.8. The zero-order valence-electron chi connectivity index (χ0n) is 23.0. The third kappa shape index (κ3) is 4.77. The highest BCUT2D eigenvalue weighted by molar-refractivity contribution is 5.91. The highest BCUT2D eigenvalue weighted by atomic mass is 16.6. The molecule has 1 spiro atoms. The number of anilines is 1. The molecular weight excluding hydrogens is 494 g/mol. The van der Waals surface area contributed by atoms with Crippen molar-refractivity contribution in [1.82, 2.24) is 19.9 Å². The summed E-state index contributed by atoms with van der Waals surface area (Å²) in [6.45, 7) is 8.37. The number of carbonyl (C=O) groups excluding carboxylic acids is 2. The summed E-state index contributed by atoms with van der Waals surface area (Å²) in [6, 6.07) is 12.9. The molecule has 6 rings (SSSR count). The van der Waals surface area contributed by atoms with E-state index < -0.39 is 0 Å². The number of aromatic nitrogens is 3. The molecule has 1 saturated heterocycles. The number of benzene rings is 1. The van der Waals surface area contributed by atoms with Gasteiger partial charge in [0.2, 0.25) is 5.82 Å². The molecule has 2 aliphatic carbocycles. The van der Waals surface area contributed by atoms with E-state index in [-0.39, 0.29) is 47.3 Å². The minimum absolute atomic E-state index is 0.0129. The van der Waals surface area contributed by atoms with Gasteiger partial charge in [0.15, 0.2) is 5.65 Å². The molecule has 3 heterocycles. The van der Waals surface area contributed by atoms with E-state index in [4.69, 9.17) is 9.47 Å². The molecule has 3 fully saturated rings. The van der Waals surface area contributed by atoms with Gasteiger partial charge >= 0.3 is 5.97 Å². The summed E-state index contributed by atoms with van der Waals surface area (Å²) in [5.74, 6) is -0.372. The van der Waals surface area contributed by atoms with Gasteiger partial charge in [-0.1, -0.05) is 37.3 Å². The van der Waals surface area contributed by atoms with Crippen molar-refractivity contribution in [3.05, 3.63) is 59.5 Å². The van der Waals surface area contributed by atoms with Gasteiger partial charge in [-0.05, 0) is 68.6 Å². The number of carbonyl (C=O) groups is 2. The van der Waals surface area contributed by atoms with Crippen LogP contribution in [0.5, 0.6) is 0 Å². The fourth-order valence-electron chi connectivity index (χ4n) is 6.64. The molecular formula is C30H37N5O4. The van der Waals surface area contributed by atoms with Crippen LogP contribution in [-0.2, 0) is 19.7 Å². The molecule has 0 bridgehead atoms. The van der Waals surface area contributed by atoms with Crippen molar-refractivity contribution in [3.63, 3.8) is 0 Å². The standard InChI is InChI=1S/C30H37N5O4/c1-4-38-25(36)18-39-23-15-30(16-23)11-10-24(30)31-28(37)26-32-27-20(2)14-22(17-35(27)33-26)34-13-12-29(3,19-34)21-8-6-5-7-9-21/h5-9,14,17,23-24H,4,10-13,15-16,18-19H2,1-3H3,(H,31,37)/t23?,24?,29-,30?/m0/s1. The van der Waals surface area contributed by atoms with Crippen LogP contribution in [-0.4, -0.2) is 64.9 Å². The van der Waals surface area contributed by atoms with E-state index in [0.717, 1.165) is 56.4 Å². The van der Waals surface area contributed by atoms with Gasteiger partial charge in [0.1, 0.15) is 6.61 Å². The molecule has 0 radical (unpaired) electrons. The number of fused-ring (bicyclic) bond motifs is 1. The SMILES string of the molecule is CCOC(=O)COC1CC2(CCC2NC(=O)c2nc3c(C)cc(N4CC[C@](C)(c5ccccc5)C4)cn3n2)C1. The summed E-state index contributed by atoms with van der Waals surface area (Å²) in [6.07, 6.45) is 6.78. The van der Waals surface area contributed by atoms with Crippen LogP contribution in [0.2, 0.25) is 0 Å². The van der Waals surface area contributed by atoms with Gasteiger partial charge < -0.3 is 19.7 Å². The molecule has 1 unspecified atom stereocenters. The molecule has 2 saturated carbocycles. The molecule has 39 heavy (non-hydrogen) atoms. The van der Waals surface area contributed by atoms with E-state index in [1.807, 2.05) is 13.1 Å². The Morgan fingerprint density at radius 3 is 2.69 bits per heavy atom. The summed E-state index contributed by atoms with van der Waals surface area (Å²) < 4.78 is 12.4. The lowest BCUT2D eigenvalue weighted by molar-refractivity contribution is -0.165. The highest BCUT2D eigenvalue weighted by Gasteiger charge is 2.56. The first kappa shape index (κ1) is 25.8. The normalized spacial score (nSPS) is 27.8. The Labute approximate surface area is 228 Å². The number of esters is 1. The van der Waals surface area contributed by atoms with Crippen LogP contribution in [0.25, 0.3) is 5.65 Å². The number of nitrogens with zero attached hydrogens (tertiary/aromatic N) is 4. The van der Waals surface area contributed by atoms with Crippen LogP contribution < -0.4 is 10.2 Å². The predicted molar refractivity (Wildman–Crippen MR) is 147 cm³/mol. The average molecular weight is 532 g/mol. The maximum absolute atomic E-state index is 13.2. The lowest BCUT2D eigenvalue weighted by Gasteiger charge is -2.58. The topological polar surface area (TPSA) is 98.1 Å². The van der Waals surface area contributed by atoms with Crippen molar-refractivity contribution in [2.75, 3.05) is 31.2 Å². The summed E-state index contributed by atoms with van der Waals surface area (Å²) in [4.78, 5) is 31.7. The first-order valence-electron chi connectivity index (χ1n) is 14.0. The van der Waals surface area contributed by atoms with Gasteiger partial charge in [-0.15, -0.1) is 5.10 Å². The van der Waals surface area contributed by atoms with Crippen LogP contribution in [0.15, 0.2) is 42.6 Å². The van der Waals surface area contributed by atoms with Gasteiger partial charge in [-0.2, -0.15) is 0 Å². The van der Waals surface area contributed by atoms with E-state index in [1.165, 1.54) is 5.56 Å². The zero-order valence-corrected chi connectivity index (χ0v) is 23.0. The predicted octanol–water partition coefficient (Wildman–Crippen LogP) is 3.83. The molecule has 3 aliphatic rings. The first-order valence-corrected chi connectivity index (χ1v) is 14.0. The number of rotatable bonds is 8. The number of ether oxygens (including phenoxy) is 2. The van der Waals surface area contributed by atoms with Crippen molar-refractivity contribution in [2.24, 2.45) is 5.41 Å². The van der Waals surface area contributed by atoms with E-state index in [0.29, 0.717) is 12.3 Å². The second kappa shape index (κ2) is 9.93. The molecule has 2 atom stereocenters. The third-order valence-corrected chi connectivity index (χ3v) is 9.10. The van der Waals surface area contributed by atoms with Crippen molar-refractivity contribution in [3.8, 4) is 0 Å². The Kier molecular flexibility index (Phi) is 6.57. The van der Waals surface area contributed by atoms with Gasteiger partial charge in [0.25, 0.3) is 5.91 Å². The first-order chi connectivity index (χ1) is 18.8. The van der Waals surface area contributed by atoms with E-state index in [1.54, 1.807) is 11.4 Å². The minimum atomic E-state index is -0.330. The lowest BCUT2D eigenvalue weighted by atomic mass is 9.51. The van der Waals surface area contributed by atoms with Crippen molar-refractivity contribution in [2.45, 2.75) is 70.4 Å². The Bertz CT molecular complexity index is 1380. The van der Waals surface area contributed by atoms with Gasteiger partial charge in [0.05, 0.1) is 24.6 Å². The number of aryl methyl sites for hydroxylation is 1. The fourth-order valence-corrected chi connectivity index (χ4v) is 6.64. The molecule has 1 N–H and O–H groups in total. The summed E-state index contributed by atoms with van der Waals surface area (Å²) in [5.41, 5.74) is 4.31. The monoisotopic (exact) mass is 531 g/mol. The maximum Gasteiger partial charge on any atom is 0.332 e. The number of hydrogen-bond acceptors (Lipinski definition) is 7. The van der Waals surface area contributed by atoms with E-state index >= 15 is 0 Å². The zero-order chi connectivity index (χ0) is 27.2. The fraction of sp³-hybridized carbons (Fsp3) is 0.533. The molecule has 206 valence electrons. The Morgan fingerprint density at radius 2 is 1.97 bits per heavy atom. The largest absolute Gasteiger partial charge is 0.464 e. The van der Waals surface area contributed by atoms with E-state index in [2.05, 4.69) is 63.6 Å². The van der Waals surface area contributed by atoms with Crippen LogP contribution >= 0.6 is 0 Å². The smallest absolute Gasteiger partial charge is 0.332 e. The number of nitrogens with one attached hydrogen (secondary N) is 1. The number of amides is 1. The van der Waals surface area contributed by atoms with Crippen molar-refractivity contribution < 1.29 is 19.1 Å². The van der Waals surface area contributed by atoms with Crippen LogP contribution in [0.4, 0.5) is 5.69 Å². The van der Waals surface area contributed by atoms with Crippen molar-refractivity contribution >= 4 is 23.2 Å². The second-order valence-electron chi connectivity index (χ2n) is 11.8. The Morgan fingerprint density at radius 1 is 1.18 bits per heavy atom. The summed E-state index contributed by atoms with van der Waals surface area (Å²) in [7, 11) is 0. The van der Waals surface area contributed by atoms with Crippen molar-refractivity contribution in [1.29, 1.82) is 0 Å². The van der Waals surface area contributed by atoms with Gasteiger partial charge in [0, 0.05) is 24.5 Å². The average Bonchev–Trinajstić information content (AvgIpc) is 3.51. The molecule has 3 aromatic rings. The van der Waals surface area contributed by atoms with Crippen LogP contribution in [0, 0.1) is 12.3 Å².